The summed E-state index contributed by atoms with van der Waals surface area (Å²) in [6.07, 6.45) is 15.4. The molecule has 1 N–H and O–H groups in total. The van der Waals surface area contributed by atoms with Crippen molar-refractivity contribution in [2.24, 2.45) is 0 Å². The molecule has 5 heteroatoms. The summed E-state index contributed by atoms with van der Waals surface area (Å²) in [6, 6.07) is 7.51. The van der Waals surface area contributed by atoms with E-state index in [1.165, 1.54) is 57.1 Å². The van der Waals surface area contributed by atoms with E-state index in [0.717, 1.165) is 12.0 Å². The Labute approximate surface area is 175 Å². The molecule has 0 saturated carbocycles. The first kappa shape index (κ1) is 24.9. The number of hydrogen-bond acceptors (Lipinski definition) is 3. The molecule has 5 nitrogen and oxygen atoms in total. The number of amides is 1. The quantitative estimate of drug-likeness (QED) is 0.267. The van der Waals surface area contributed by atoms with Gasteiger partial charge in [0, 0.05) is 18.5 Å². The van der Waals surface area contributed by atoms with Crippen LogP contribution in [0, 0.1) is 0 Å². The minimum atomic E-state index is -0.822. The van der Waals surface area contributed by atoms with Gasteiger partial charge in [-0.05, 0) is 37.3 Å². The van der Waals surface area contributed by atoms with Crippen LogP contribution in [0.15, 0.2) is 30.3 Å². The maximum atomic E-state index is 12.8. The Balaban J connectivity index is 2.51. The largest absolute Gasteiger partial charge is 0.481 e. The van der Waals surface area contributed by atoms with Crippen molar-refractivity contribution in [3.8, 4) is 0 Å². The molecule has 0 aliphatic carbocycles. The van der Waals surface area contributed by atoms with Crippen molar-refractivity contribution >= 4 is 18.0 Å². The molecule has 1 amide bonds. The second-order valence-corrected chi connectivity index (χ2v) is 7.34. The Bertz CT molecular complexity index is 627. The van der Waals surface area contributed by atoms with E-state index in [4.69, 9.17) is 9.94 Å². The molecule has 0 heterocycles. The highest BCUT2D eigenvalue weighted by Gasteiger charge is 2.17. The average molecular weight is 404 g/mol. The molecule has 0 spiro atoms. The molecule has 0 fully saturated rings. The van der Waals surface area contributed by atoms with Crippen molar-refractivity contribution in [3.63, 3.8) is 0 Å². The Morgan fingerprint density at radius 1 is 1.00 bits per heavy atom. The van der Waals surface area contributed by atoms with E-state index < -0.39 is 5.97 Å². The molecule has 0 unspecified atom stereocenters. The van der Waals surface area contributed by atoms with Crippen LogP contribution in [-0.4, -0.2) is 35.7 Å². The number of carboxylic acid groups (broad SMARTS) is 1. The van der Waals surface area contributed by atoms with Gasteiger partial charge in [0.2, 0.25) is 0 Å². The Hall–Kier alpha value is -2.14. The van der Waals surface area contributed by atoms with Crippen molar-refractivity contribution in [1.29, 1.82) is 0 Å². The van der Waals surface area contributed by atoms with Gasteiger partial charge >= 0.3 is 5.97 Å². The first-order chi connectivity index (χ1) is 14.1. The molecule has 0 atom stereocenters. The molecule has 1 aromatic rings. The molecule has 1 aromatic carbocycles. The molecule has 162 valence electrons. The molecule has 0 aliphatic heterocycles. The summed E-state index contributed by atoms with van der Waals surface area (Å²) in [5, 5.41) is 10.0. The van der Waals surface area contributed by atoms with Gasteiger partial charge in [0.05, 0.1) is 7.11 Å². The fraction of sp³-hybridized carbons (Fsp3) is 0.583. The Morgan fingerprint density at radius 2 is 1.69 bits per heavy atom. The average Bonchev–Trinajstić information content (AvgIpc) is 2.72. The highest BCUT2D eigenvalue weighted by Crippen LogP contribution is 2.16. The fourth-order valence-corrected chi connectivity index (χ4v) is 3.21. The molecule has 0 saturated heterocycles. The number of nitrogens with zero attached hydrogens (tertiary/aromatic N) is 1. The summed E-state index contributed by atoms with van der Waals surface area (Å²) in [5.74, 6) is -1.02. The molecule has 0 bridgehead atoms. The highest BCUT2D eigenvalue weighted by atomic mass is 16.7. The number of hydroxylamine groups is 2. The number of carbonyl (C=O) groups excluding carboxylic acids is 1. The van der Waals surface area contributed by atoms with E-state index in [-0.39, 0.29) is 12.3 Å². The van der Waals surface area contributed by atoms with Gasteiger partial charge in [0.15, 0.2) is 0 Å². The minimum absolute atomic E-state index is 0.101. The van der Waals surface area contributed by atoms with Gasteiger partial charge < -0.3 is 5.11 Å². The standard InChI is InChI=1S/C24H37NO4/c1-3-4-5-6-7-8-9-10-11-16-21-17-12-13-18-22(21)24(28)25(29-2)20-15-14-19-23(26)27/h11-13,16-18H,3-10,14-15,19-20H2,1-2H3,(H,26,27). The highest BCUT2D eigenvalue weighted by molar-refractivity contribution is 5.97. The van der Waals surface area contributed by atoms with E-state index >= 15 is 0 Å². The van der Waals surface area contributed by atoms with Crippen LogP contribution in [-0.2, 0) is 9.63 Å². The van der Waals surface area contributed by atoms with Crippen molar-refractivity contribution in [3.05, 3.63) is 41.5 Å². The number of hydrogen-bond donors (Lipinski definition) is 1. The molecule has 0 aliphatic rings. The Morgan fingerprint density at radius 3 is 2.38 bits per heavy atom. The number of benzene rings is 1. The van der Waals surface area contributed by atoms with Crippen LogP contribution in [0.2, 0.25) is 0 Å². The number of allylic oxidation sites excluding steroid dienone is 1. The first-order valence-electron chi connectivity index (χ1n) is 10.9. The molecule has 1 rings (SSSR count). The van der Waals surface area contributed by atoms with Gasteiger partial charge in [-0.2, -0.15) is 0 Å². The van der Waals surface area contributed by atoms with Crippen LogP contribution in [0.5, 0.6) is 0 Å². The van der Waals surface area contributed by atoms with Gasteiger partial charge in [-0.3, -0.25) is 14.4 Å². The van der Waals surface area contributed by atoms with Crippen LogP contribution in [0.4, 0.5) is 0 Å². The summed E-state index contributed by atoms with van der Waals surface area (Å²) in [5.41, 5.74) is 1.48. The third-order valence-corrected chi connectivity index (χ3v) is 4.91. The van der Waals surface area contributed by atoms with E-state index in [2.05, 4.69) is 13.0 Å². The minimum Gasteiger partial charge on any atom is -0.481 e. The van der Waals surface area contributed by atoms with Crippen molar-refractivity contribution in [2.75, 3.05) is 13.7 Å². The molecule has 0 radical (unpaired) electrons. The lowest BCUT2D eigenvalue weighted by molar-refractivity contribution is -0.137. The zero-order valence-corrected chi connectivity index (χ0v) is 18.1. The lowest BCUT2D eigenvalue weighted by Crippen LogP contribution is -2.31. The van der Waals surface area contributed by atoms with Crippen LogP contribution < -0.4 is 0 Å². The molecular formula is C24H37NO4. The Kier molecular flexibility index (Phi) is 13.5. The van der Waals surface area contributed by atoms with E-state index in [9.17, 15) is 9.59 Å². The summed E-state index contributed by atoms with van der Waals surface area (Å²) in [6.45, 7) is 2.61. The van der Waals surface area contributed by atoms with Gasteiger partial charge in [-0.25, -0.2) is 5.06 Å². The van der Waals surface area contributed by atoms with Crippen LogP contribution in [0.25, 0.3) is 6.08 Å². The van der Waals surface area contributed by atoms with Gasteiger partial charge in [-0.15, -0.1) is 0 Å². The number of carbonyl (C=O) groups is 2. The van der Waals surface area contributed by atoms with Crippen LogP contribution in [0.3, 0.4) is 0 Å². The normalized spacial score (nSPS) is 11.1. The topological polar surface area (TPSA) is 66.8 Å². The van der Waals surface area contributed by atoms with Crippen LogP contribution in [0.1, 0.15) is 93.5 Å². The van der Waals surface area contributed by atoms with Gasteiger partial charge in [0.1, 0.15) is 0 Å². The third-order valence-electron chi connectivity index (χ3n) is 4.91. The van der Waals surface area contributed by atoms with Gasteiger partial charge in [0.25, 0.3) is 5.91 Å². The van der Waals surface area contributed by atoms with E-state index in [1.807, 2.05) is 24.3 Å². The second kappa shape index (κ2) is 15.7. The van der Waals surface area contributed by atoms with Crippen molar-refractivity contribution in [1.82, 2.24) is 5.06 Å². The SMILES string of the molecule is CCCCCCCCCC=Cc1ccccc1C(=O)N(CCCCC(=O)O)OC. The third kappa shape index (κ3) is 10.8. The van der Waals surface area contributed by atoms with Crippen molar-refractivity contribution < 1.29 is 19.5 Å². The lowest BCUT2D eigenvalue weighted by Gasteiger charge is -2.20. The van der Waals surface area contributed by atoms with E-state index in [1.54, 1.807) is 6.07 Å². The lowest BCUT2D eigenvalue weighted by atomic mass is 10.0. The monoisotopic (exact) mass is 403 g/mol. The number of carboxylic acids is 1. The fourth-order valence-electron chi connectivity index (χ4n) is 3.21. The van der Waals surface area contributed by atoms with Crippen molar-refractivity contribution in [2.45, 2.75) is 77.6 Å². The summed E-state index contributed by atoms with van der Waals surface area (Å²) >= 11 is 0. The van der Waals surface area contributed by atoms with E-state index in [0.29, 0.717) is 24.9 Å². The van der Waals surface area contributed by atoms with Gasteiger partial charge in [-0.1, -0.05) is 75.8 Å². The number of unbranched alkanes of at least 4 members (excludes halogenated alkanes) is 8. The zero-order chi connectivity index (χ0) is 21.3. The van der Waals surface area contributed by atoms with Crippen LogP contribution >= 0.6 is 0 Å². The second-order valence-electron chi connectivity index (χ2n) is 7.34. The number of aliphatic carboxylic acids is 1. The smallest absolute Gasteiger partial charge is 0.303 e. The predicted octanol–water partition coefficient (Wildman–Crippen LogP) is 6.10. The first-order valence-corrected chi connectivity index (χ1v) is 10.9. The molecular weight excluding hydrogens is 366 g/mol. The molecule has 0 aromatic heterocycles. The summed E-state index contributed by atoms with van der Waals surface area (Å²) in [7, 11) is 1.47. The predicted molar refractivity (Wildman–Crippen MR) is 118 cm³/mol. The molecule has 29 heavy (non-hydrogen) atoms. The maximum absolute atomic E-state index is 12.8. The zero-order valence-electron chi connectivity index (χ0n) is 18.1. The number of rotatable bonds is 16. The summed E-state index contributed by atoms with van der Waals surface area (Å²) < 4.78 is 0. The summed E-state index contributed by atoms with van der Waals surface area (Å²) in [4.78, 5) is 28.7. The maximum Gasteiger partial charge on any atom is 0.303 e.